The van der Waals surface area contributed by atoms with E-state index in [4.69, 9.17) is 0 Å². The van der Waals surface area contributed by atoms with Gasteiger partial charge in [-0.3, -0.25) is 4.79 Å². The van der Waals surface area contributed by atoms with E-state index in [-0.39, 0.29) is 19.1 Å². The highest BCUT2D eigenvalue weighted by Crippen LogP contribution is 2.30. The maximum atomic E-state index is 12.1. The number of nitrogens with one attached hydrogen (secondary N) is 1. The molecule has 21 heavy (non-hydrogen) atoms. The molecule has 2 amide bonds. The summed E-state index contributed by atoms with van der Waals surface area (Å²) in [6.45, 7) is 4.03. The molecule has 122 valence electrons. The third-order valence-electron chi connectivity index (χ3n) is 4.80. The third-order valence-corrected chi connectivity index (χ3v) is 4.80. The van der Waals surface area contributed by atoms with E-state index in [9.17, 15) is 19.8 Å². The van der Waals surface area contributed by atoms with Crippen molar-refractivity contribution in [1.82, 2.24) is 10.2 Å². The average Bonchev–Trinajstić information content (AvgIpc) is 2.86. The van der Waals surface area contributed by atoms with Gasteiger partial charge in [0.05, 0.1) is 17.6 Å². The van der Waals surface area contributed by atoms with Crippen LogP contribution in [0.1, 0.15) is 52.4 Å². The van der Waals surface area contributed by atoms with E-state index < -0.39 is 17.0 Å². The maximum Gasteiger partial charge on any atom is 0.317 e. The van der Waals surface area contributed by atoms with Gasteiger partial charge in [0.15, 0.2) is 0 Å². The van der Waals surface area contributed by atoms with Gasteiger partial charge in [-0.2, -0.15) is 0 Å². The molecule has 0 atom stereocenters. The lowest BCUT2D eigenvalue weighted by Crippen LogP contribution is -2.49. The third kappa shape index (κ3) is 4.33. The van der Waals surface area contributed by atoms with Crippen LogP contribution in [-0.4, -0.2) is 52.9 Å². The molecule has 0 bridgehead atoms. The smallest absolute Gasteiger partial charge is 0.317 e. The van der Waals surface area contributed by atoms with Gasteiger partial charge < -0.3 is 20.4 Å². The van der Waals surface area contributed by atoms with Crippen molar-refractivity contribution in [2.45, 2.75) is 58.0 Å². The topological polar surface area (TPSA) is 89.9 Å². The Morgan fingerprint density at radius 3 is 2.19 bits per heavy atom. The van der Waals surface area contributed by atoms with Crippen molar-refractivity contribution in [1.29, 1.82) is 0 Å². The number of hydrogen-bond acceptors (Lipinski definition) is 3. The van der Waals surface area contributed by atoms with Crippen LogP contribution in [0.4, 0.5) is 4.79 Å². The van der Waals surface area contributed by atoms with Gasteiger partial charge in [0.1, 0.15) is 0 Å². The van der Waals surface area contributed by atoms with Crippen LogP contribution in [0, 0.1) is 5.41 Å². The number of aliphatic hydroxyl groups is 1. The Morgan fingerprint density at radius 1 is 1.24 bits per heavy atom. The first-order valence-electron chi connectivity index (χ1n) is 7.73. The Morgan fingerprint density at radius 2 is 1.76 bits per heavy atom. The van der Waals surface area contributed by atoms with Crippen LogP contribution in [0.15, 0.2) is 0 Å². The molecular weight excluding hydrogens is 272 g/mol. The number of carboxylic acids is 1. The summed E-state index contributed by atoms with van der Waals surface area (Å²) in [6.07, 6.45) is 4.33. The summed E-state index contributed by atoms with van der Waals surface area (Å²) < 4.78 is 0. The molecule has 0 aromatic rings. The monoisotopic (exact) mass is 300 g/mol. The zero-order chi connectivity index (χ0) is 16.1. The Labute approximate surface area is 126 Å². The van der Waals surface area contributed by atoms with Crippen LogP contribution >= 0.6 is 0 Å². The number of nitrogens with zero attached hydrogens (tertiary/aromatic N) is 1. The molecule has 1 rings (SSSR count). The van der Waals surface area contributed by atoms with Gasteiger partial charge in [0.2, 0.25) is 0 Å². The number of carbonyl (C=O) groups is 2. The normalized spacial score (nSPS) is 17.5. The molecule has 0 saturated heterocycles. The highest BCUT2D eigenvalue weighted by Gasteiger charge is 2.37. The van der Waals surface area contributed by atoms with E-state index in [0.717, 1.165) is 12.8 Å². The minimum Gasteiger partial charge on any atom is -0.481 e. The van der Waals surface area contributed by atoms with Gasteiger partial charge in [-0.15, -0.1) is 0 Å². The molecule has 0 aliphatic heterocycles. The molecule has 1 fully saturated rings. The summed E-state index contributed by atoms with van der Waals surface area (Å²) >= 11 is 0. The first kappa shape index (κ1) is 17.8. The zero-order valence-corrected chi connectivity index (χ0v) is 13.3. The second-order valence-corrected chi connectivity index (χ2v) is 6.24. The molecule has 1 saturated carbocycles. The molecule has 0 spiro atoms. The van der Waals surface area contributed by atoms with Crippen molar-refractivity contribution in [3.8, 4) is 0 Å². The molecule has 6 heteroatoms. The summed E-state index contributed by atoms with van der Waals surface area (Å²) in [5.41, 5.74) is -1.70. The number of urea groups is 1. The second-order valence-electron chi connectivity index (χ2n) is 6.24. The fraction of sp³-hybridized carbons (Fsp3) is 0.867. The summed E-state index contributed by atoms with van der Waals surface area (Å²) in [5, 5.41) is 22.3. The molecular formula is C15H28N2O4. The maximum absolute atomic E-state index is 12.1. The van der Waals surface area contributed by atoms with E-state index >= 15 is 0 Å². The van der Waals surface area contributed by atoms with Crippen molar-refractivity contribution in [2.75, 3.05) is 20.1 Å². The van der Waals surface area contributed by atoms with Crippen LogP contribution in [0.3, 0.4) is 0 Å². The van der Waals surface area contributed by atoms with E-state index in [1.165, 1.54) is 4.90 Å². The lowest BCUT2D eigenvalue weighted by Gasteiger charge is -2.31. The number of aliphatic carboxylic acids is 1. The highest BCUT2D eigenvalue weighted by molar-refractivity contribution is 5.78. The molecule has 6 nitrogen and oxygen atoms in total. The molecule has 0 heterocycles. The van der Waals surface area contributed by atoms with E-state index in [2.05, 4.69) is 5.32 Å². The van der Waals surface area contributed by atoms with Crippen LogP contribution in [-0.2, 0) is 4.79 Å². The van der Waals surface area contributed by atoms with E-state index in [0.29, 0.717) is 25.7 Å². The molecule has 0 aromatic heterocycles. The van der Waals surface area contributed by atoms with Gasteiger partial charge in [0, 0.05) is 13.6 Å². The lowest BCUT2D eigenvalue weighted by molar-refractivity contribution is -0.149. The molecule has 1 aliphatic rings. The second kappa shape index (κ2) is 7.11. The molecule has 0 radical (unpaired) electrons. The predicted molar refractivity (Wildman–Crippen MR) is 80.1 cm³/mol. The first-order chi connectivity index (χ1) is 9.78. The first-order valence-corrected chi connectivity index (χ1v) is 7.73. The molecule has 0 unspecified atom stereocenters. The summed E-state index contributed by atoms with van der Waals surface area (Å²) in [5.74, 6) is -0.884. The van der Waals surface area contributed by atoms with Crippen LogP contribution < -0.4 is 5.32 Å². The number of likely N-dealkylation sites (N-methyl/N-ethyl adjacent to an activating group) is 1. The van der Waals surface area contributed by atoms with Crippen LogP contribution in [0.2, 0.25) is 0 Å². The highest BCUT2D eigenvalue weighted by atomic mass is 16.4. The average molecular weight is 300 g/mol. The lowest BCUT2D eigenvalue weighted by atomic mass is 9.82. The van der Waals surface area contributed by atoms with Crippen molar-refractivity contribution in [3.05, 3.63) is 0 Å². The number of rotatable bonds is 7. The summed E-state index contributed by atoms with van der Waals surface area (Å²) in [6, 6.07) is -0.331. The van der Waals surface area contributed by atoms with Crippen molar-refractivity contribution < 1.29 is 19.8 Å². The number of amides is 2. The number of carbonyl (C=O) groups excluding carboxylic acids is 1. The Kier molecular flexibility index (Phi) is 6.01. The predicted octanol–water partition coefficient (Wildman–Crippen LogP) is 1.82. The summed E-state index contributed by atoms with van der Waals surface area (Å²) in [7, 11) is 1.63. The Hall–Kier alpha value is -1.30. The van der Waals surface area contributed by atoms with Gasteiger partial charge in [-0.25, -0.2) is 4.79 Å². The molecule has 0 aromatic carbocycles. The fourth-order valence-corrected chi connectivity index (χ4v) is 2.96. The van der Waals surface area contributed by atoms with Crippen LogP contribution in [0.5, 0.6) is 0 Å². The standard InChI is InChI=1S/C15H28N2O4/c1-4-14(5-2,12(18)19)10-16-13(20)17(3)11-15(21)8-6-7-9-15/h21H,4-11H2,1-3H3,(H,16,20)(H,18,19). The molecule has 3 N–H and O–H groups in total. The van der Waals surface area contributed by atoms with Crippen molar-refractivity contribution >= 4 is 12.0 Å². The van der Waals surface area contributed by atoms with Gasteiger partial charge in [-0.1, -0.05) is 26.7 Å². The van der Waals surface area contributed by atoms with Gasteiger partial charge >= 0.3 is 12.0 Å². The minimum absolute atomic E-state index is 0.108. The van der Waals surface area contributed by atoms with Gasteiger partial charge in [-0.05, 0) is 25.7 Å². The SMILES string of the molecule is CCC(CC)(CNC(=O)N(C)CC1(O)CCCC1)C(=O)O. The number of hydrogen-bond donors (Lipinski definition) is 3. The van der Waals surface area contributed by atoms with E-state index in [1.807, 2.05) is 13.8 Å². The van der Waals surface area contributed by atoms with Gasteiger partial charge in [0.25, 0.3) is 0 Å². The van der Waals surface area contributed by atoms with E-state index in [1.54, 1.807) is 7.05 Å². The quantitative estimate of drug-likeness (QED) is 0.669. The summed E-state index contributed by atoms with van der Waals surface area (Å²) in [4.78, 5) is 24.9. The Balaban J connectivity index is 2.54. The largest absolute Gasteiger partial charge is 0.481 e. The Bertz CT molecular complexity index is 374. The minimum atomic E-state index is -0.916. The van der Waals surface area contributed by atoms with Crippen LogP contribution in [0.25, 0.3) is 0 Å². The van der Waals surface area contributed by atoms with Crippen molar-refractivity contribution in [2.24, 2.45) is 5.41 Å². The fourth-order valence-electron chi connectivity index (χ4n) is 2.96. The zero-order valence-electron chi connectivity index (χ0n) is 13.3. The number of carboxylic acid groups (broad SMARTS) is 1. The molecule has 1 aliphatic carbocycles. The van der Waals surface area contributed by atoms with Crippen molar-refractivity contribution in [3.63, 3.8) is 0 Å².